The van der Waals surface area contributed by atoms with Gasteiger partial charge in [0.15, 0.2) is 0 Å². The van der Waals surface area contributed by atoms with Crippen LogP contribution < -0.4 is 0 Å². The SMILES string of the molecule is CC(CO)CN(C)C(C)c1cccs1. The van der Waals surface area contributed by atoms with Crippen LogP contribution in [0, 0.1) is 5.92 Å². The van der Waals surface area contributed by atoms with E-state index in [4.69, 9.17) is 5.11 Å². The molecule has 0 aliphatic rings. The summed E-state index contributed by atoms with van der Waals surface area (Å²) in [5, 5.41) is 11.1. The number of nitrogens with zero attached hydrogens (tertiary/aromatic N) is 1. The summed E-state index contributed by atoms with van der Waals surface area (Å²) in [5.74, 6) is 0.349. The van der Waals surface area contributed by atoms with Gasteiger partial charge >= 0.3 is 0 Å². The Morgan fingerprint density at radius 2 is 2.21 bits per heavy atom. The van der Waals surface area contributed by atoms with Crippen LogP contribution in [-0.2, 0) is 0 Å². The summed E-state index contributed by atoms with van der Waals surface area (Å²) in [6.07, 6.45) is 0. The Bertz CT molecular complexity index is 248. The molecule has 1 N–H and O–H groups in total. The maximum absolute atomic E-state index is 8.97. The van der Waals surface area contributed by atoms with Gasteiger partial charge in [-0.25, -0.2) is 0 Å². The van der Waals surface area contributed by atoms with Crippen molar-refractivity contribution in [2.75, 3.05) is 20.2 Å². The zero-order valence-electron chi connectivity index (χ0n) is 9.10. The van der Waals surface area contributed by atoms with Crippen molar-refractivity contribution >= 4 is 11.3 Å². The summed E-state index contributed by atoms with van der Waals surface area (Å²) in [6.45, 7) is 5.48. The second-order valence-corrected chi connectivity index (χ2v) is 4.90. The number of hydrogen-bond acceptors (Lipinski definition) is 3. The first kappa shape index (κ1) is 11.7. The molecule has 0 aromatic carbocycles. The van der Waals surface area contributed by atoms with E-state index in [0.29, 0.717) is 12.0 Å². The lowest BCUT2D eigenvalue weighted by Crippen LogP contribution is -2.28. The first-order chi connectivity index (χ1) is 6.65. The smallest absolute Gasteiger partial charge is 0.0468 e. The molecule has 0 aliphatic carbocycles. The second-order valence-electron chi connectivity index (χ2n) is 3.92. The van der Waals surface area contributed by atoms with E-state index in [2.05, 4.69) is 43.3 Å². The van der Waals surface area contributed by atoms with E-state index >= 15 is 0 Å². The highest BCUT2D eigenvalue weighted by Crippen LogP contribution is 2.23. The predicted molar refractivity (Wildman–Crippen MR) is 61.6 cm³/mol. The maximum atomic E-state index is 8.97. The third-order valence-electron chi connectivity index (χ3n) is 2.53. The van der Waals surface area contributed by atoms with Crippen LogP contribution in [0.5, 0.6) is 0 Å². The van der Waals surface area contributed by atoms with Gasteiger partial charge in [-0.15, -0.1) is 11.3 Å². The number of thiophene rings is 1. The fraction of sp³-hybridized carbons (Fsp3) is 0.636. The summed E-state index contributed by atoms with van der Waals surface area (Å²) in [4.78, 5) is 3.67. The van der Waals surface area contributed by atoms with Crippen molar-refractivity contribution in [1.82, 2.24) is 4.90 Å². The minimum Gasteiger partial charge on any atom is -0.396 e. The summed E-state index contributed by atoms with van der Waals surface area (Å²) < 4.78 is 0. The van der Waals surface area contributed by atoms with Crippen molar-refractivity contribution in [2.45, 2.75) is 19.9 Å². The Morgan fingerprint density at radius 1 is 1.50 bits per heavy atom. The molecule has 2 unspecified atom stereocenters. The van der Waals surface area contributed by atoms with Crippen LogP contribution in [-0.4, -0.2) is 30.2 Å². The normalized spacial score (nSPS) is 15.8. The van der Waals surface area contributed by atoms with Crippen molar-refractivity contribution in [3.8, 4) is 0 Å². The maximum Gasteiger partial charge on any atom is 0.0468 e. The van der Waals surface area contributed by atoms with Crippen molar-refractivity contribution in [2.24, 2.45) is 5.92 Å². The Labute approximate surface area is 90.2 Å². The van der Waals surface area contributed by atoms with Gasteiger partial charge in [0.05, 0.1) is 0 Å². The number of rotatable bonds is 5. The van der Waals surface area contributed by atoms with Crippen LogP contribution in [0.25, 0.3) is 0 Å². The molecule has 80 valence electrons. The standard InChI is InChI=1S/C11H19NOS/c1-9(8-13)7-12(3)10(2)11-5-4-6-14-11/h4-6,9-10,13H,7-8H2,1-3H3. The molecule has 0 amide bonds. The molecule has 14 heavy (non-hydrogen) atoms. The molecule has 0 saturated heterocycles. The van der Waals surface area contributed by atoms with Gasteiger partial charge in [0, 0.05) is 24.1 Å². The Kier molecular flexibility index (Phi) is 4.58. The largest absolute Gasteiger partial charge is 0.396 e. The van der Waals surface area contributed by atoms with Crippen LogP contribution in [0.15, 0.2) is 17.5 Å². The Morgan fingerprint density at radius 3 is 2.71 bits per heavy atom. The van der Waals surface area contributed by atoms with Gasteiger partial charge in [-0.1, -0.05) is 13.0 Å². The molecule has 2 atom stereocenters. The highest BCUT2D eigenvalue weighted by atomic mass is 32.1. The second kappa shape index (κ2) is 5.49. The molecule has 1 aromatic heterocycles. The lowest BCUT2D eigenvalue weighted by Gasteiger charge is -2.26. The highest BCUT2D eigenvalue weighted by molar-refractivity contribution is 7.10. The summed E-state index contributed by atoms with van der Waals surface area (Å²) in [6, 6.07) is 4.69. The number of hydrogen-bond donors (Lipinski definition) is 1. The van der Waals surface area contributed by atoms with E-state index in [1.807, 2.05) is 0 Å². The predicted octanol–water partition coefficient (Wildman–Crippen LogP) is 2.37. The van der Waals surface area contributed by atoms with Gasteiger partial charge in [-0.3, -0.25) is 4.90 Å². The van der Waals surface area contributed by atoms with Crippen LogP contribution >= 0.6 is 11.3 Å². The van der Waals surface area contributed by atoms with Crippen molar-refractivity contribution in [3.63, 3.8) is 0 Å². The molecular formula is C11H19NOS. The fourth-order valence-electron chi connectivity index (χ4n) is 1.45. The third-order valence-corrected chi connectivity index (χ3v) is 3.57. The Balaban J connectivity index is 2.48. The van der Waals surface area contributed by atoms with E-state index in [9.17, 15) is 0 Å². The zero-order valence-corrected chi connectivity index (χ0v) is 9.92. The van der Waals surface area contributed by atoms with Gasteiger partial charge in [0.1, 0.15) is 0 Å². The quantitative estimate of drug-likeness (QED) is 0.811. The molecule has 3 heteroatoms. The number of aliphatic hydroxyl groups excluding tert-OH is 1. The lowest BCUT2D eigenvalue weighted by atomic mass is 10.1. The highest BCUT2D eigenvalue weighted by Gasteiger charge is 2.14. The first-order valence-corrected chi connectivity index (χ1v) is 5.87. The number of aliphatic hydroxyl groups is 1. The van der Waals surface area contributed by atoms with Gasteiger partial charge in [0.25, 0.3) is 0 Å². The molecule has 0 saturated carbocycles. The average molecular weight is 213 g/mol. The van der Waals surface area contributed by atoms with Crippen molar-refractivity contribution in [1.29, 1.82) is 0 Å². The van der Waals surface area contributed by atoms with Gasteiger partial charge < -0.3 is 5.11 Å². The van der Waals surface area contributed by atoms with E-state index in [0.717, 1.165) is 6.54 Å². The summed E-state index contributed by atoms with van der Waals surface area (Å²) >= 11 is 1.79. The molecule has 0 fully saturated rings. The molecule has 0 bridgehead atoms. The van der Waals surface area contributed by atoms with Crippen LogP contribution in [0.4, 0.5) is 0 Å². The molecule has 0 spiro atoms. The first-order valence-electron chi connectivity index (χ1n) is 4.99. The van der Waals surface area contributed by atoms with Crippen molar-refractivity contribution < 1.29 is 5.11 Å². The topological polar surface area (TPSA) is 23.5 Å². The van der Waals surface area contributed by atoms with Crippen LogP contribution in [0.1, 0.15) is 24.8 Å². The summed E-state index contributed by atoms with van der Waals surface area (Å²) in [5.41, 5.74) is 0. The van der Waals surface area contributed by atoms with E-state index in [1.54, 1.807) is 11.3 Å². The molecule has 1 aromatic rings. The molecule has 1 rings (SSSR count). The van der Waals surface area contributed by atoms with Crippen LogP contribution in [0.2, 0.25) is 0 Å². The minimum absolute atomic E-state index is 0.265. The van der Waals surface area contributed by atoms with Crippen molar-refractivity contribution in [3.05, 3.63) is 22.4 Å². The van der Waals surface area contributed by atoms with E-state index in [-0.39, 0.29) is 6.61 Å². The van der Waals surface area contributed by atoms with E-state index in [1.165, 1.54) is 4.88 Å². The molecule has 1 heterocycles. The lowest BCUT2D eigenvalue weighted by molar-refractivity contribution is 0.168. The average Bonchev–Trinajstić information content (AvgIpc) is 2.69. The summed E-state index contributed by atoms with van der Waals surface area (Å²) in [7, 11) is 2.11. The monoisotopic (exact) mass is 213 g/mol. The van der Waals surface area contributed by atoms with Gasteiger partial charge in [0.2, 0.25) is 0 Å². The zero-order chi connectivity index (χ0) is 10.6. The van der Waals surface area contributed by atoms with E-state index < -0.39 is 0 Å². The fourth-order valence-corrected chi connectivity index (χ4v) is 2.30. The third kappa shape index (κ3) is 3.08. The minimum atomic E-state index is 0.265. The molecule has 2 nitrogen and oxygen atoms in total. The van der Waals surface area contributed by atoms with Crippen LogP contribution in [0.3, 0.4) is 0 Å². The van der Waals surface area contributed by atoms with Gasteiger partial charge in [-0.05, 0) is 31.3 Å². The molecular weight excluding hydrogens is 194 g/mol. The van der Waals surface area contributed by atoms with Gasteiger partial charge in [-0.2, -0.15) is 0 Å². The molecule has 0 aliphatic heterocycles. The Hall–Kier alpha value is -0.380. The molecule has 0 radical (unpaired) electrons.